The zero-order chi connectivity index (χ0) is 20.8. The normalized spacial score (nSPS) is 19.1. The van der Waals surface area contributed by atoms with Gasteiger partial charge in [-0.1, -0.05) is 80.1 Å². The Morgan fingerprint density at radius 3 is 1.97 bits per heavy atom. The van der Waals surface area contributed by atoms with E-state index in [0.29, 0.717) is 12.4 Å². The number of nitrogens with one attached hydrogen (secondary N) is 1. The van der Waals surface area contributed by atoms with Crippen LogP contribution in [0.15, 0.2) is 73.1 Å². The summed E-state index contributed by atoms with van der Waals surface area (Å²) in [4.78, 5) is 18.2. The molecule has 30 heavy (non-hydrogen) atoms. The average molecular weight is 404 g/mol. The summed E-state index contributed by atoms with van der Waals surface area (Å²) in [6, 6.07) is 20.0. The van der Waals surface area contributed by atoms with Gasteiger partial charge in [-0.05, 0) is 56.4 Å². The van der Waals surface area contributed by atoms with Crippen molar-refractivity contribution in [2.75, 3.05) is 26.2 Å². The van der Waals surface area contributed by atoms with E-state index in [0.717, 1.165) is 24.0 Å². The number of hydrogen-bond acceptors (Lipinski definition) is 3. The van der Waals surface area contributed by atoms with Gasteiger partial charge in [0.05, 0.1) is 0 Å². The molecule has 0 bridgehead atoms. The van der Waals surface area contributed by atoms with Crippen LogP contribution in [0, 0.1) is 0 Å². The van der Waals surface area contributed by atoms with Crippen LogP contribution in [-0.4, -0.2) is 41.9 Å². The lowest BCUT2D eigenvalue weighted by Gasteiger charge is -2.28. The molecule has 1 N–H and O–H groups in total. The molecule has 2 aliphatic heterocycles. The molecule has 2 aromatic rings. The van der Waals surface area contributed by atoms with Crippen LogP contribution in [0.25, 0.3) is 0 Å². The summed E-state index contributed by atoms with van der Waals surface area (Å²) < 4.78 is 0. The van der Waals surface area contributed by atoms with E-state index in [1.165, 1.54) is 45.3 Å². The predicted octanol–water partition coefficient (Wildman–Crippen LogP) is 4.49. The molecule has 0 aromatic heterocycles. The summed E-state index contributed by atoms with van der Waals surface area (Å²) in [5.41, 5.74) is 1.01. The first-order valence-electron chi connectivity index (χ1n) is 11.3. The highest BCUT2D eigenvalue weighted by atomic mass is 16.2. The third-order valence-corrected chi connectivity index (χ3v) is 6.44. The molecule has 0 atom stereocenters. The highest BCUT2D eigenvalue weighted by Gasteiger charge is 2.50. The largest absolute Gasteiger partial charge is 0.350 e. The molecule has 0 unspecified atom stereocenters. The van der Waals surface area contributed by atoms with Gasteiger partial charge in [-0.2, -0.15) is 0 Å². The van der Waals surface area contributed by atoms with Crippen molar-refractivity contribution in [2.45, 2.75) is 44.1 Å². The molecular formula is C26H33N3O. The van der Waals surface area contributed by atoms with E-state index in [1.807, 2.05) is 65.6 Å². The first-order chi connectivity index (χ1) is 14.7. The maximum Gasteiger partial charge on any atom is 0.263 e. The third kappa shape index (κ3) is 4.15. The number of rotatable bonds is 8. The Morgan fingerprint density at radius 1 is 0.800 bits per heavy atom. The van der Waals surface area contributed by atoms with Crippen molar-refractivity contribution in [3.63, 3.8) is 0 Å². The Labute approximate surface area is 180 Å². The molecular weight excluding hydrogens is 370 g/mol. The van der Waals surface area contributed by atoms with E-state index >= 15 is 0 Å². The summed E-state index contributed by atoms with van der Waals surface area (Å²) >= 11 is 0. The third-order valence-electron chi connectivity index (χ3n) is 6.44. The van der Waals surface area contributed by atoms with Crippen molar-refractivity contribution in [1.29, 1.82) is 0 Å². The molecule has 4 heteroatoms. The molecule has 0 aliphatic carbocycles. The minimum Gasteiger partial charge on any atom is -0.350 e. The summed E-state index contributed by atoms with van der Waals surface area (Å²) in [7, 11) is 0. The quantitative estimate of drug-likeness (QED) is 0.660. The maximum absolute atomic E-state index is 13.7. The van der Waals surface area contributed by atoms with Crippen molar-refractivity contribution in [3.05, 3.63) is 84.2 Å². The highest BCUT2D eigenvalue weighted by Crippen LogP contribution is 2.38. The molecule has 0 radical (unpaired) electrons. The maximum atomic E-state index is 13.7. The summed E-state index contributed by atoms with van der Waals surface area (Å²) in [6.45, 7) is 8.59. The number of carbonyl (C=O) groups excluding carboxylic acids is 1. The first kappa shape index (κ1) is 20.7. The number of piperidine rings is 1. The first-order valence-corrected chi connectivity index (χ1v) is 11.3. The van der Waals surface area contributed by atoms with Gasteiger partial charge in [-0.3, -0.25) is 9.69 Å². The minimum atomic E-state index is -0.895. The second-order valence-corrected chi connectivity index (χ2v) is 8.47. The molecule has 158 valence electrons. The Morgan fingerprint density at radius 2 is 1.37 bits per heavy atom. The Hall–Kier alpha value is -2.59. The zero-order valence-corrected chi connectivity index (χ0v) is 17.9. The number of nitrogens with zero attached hydrogens (tertiary/aromatic N) is 2. The molecule has 0 saturated carbocycles. The summed E-state index contributed by atoms with van der Waals surface area (Å²) in [5, 5.41) is 3.47. The Bertz CT molecular complexity index is 804. The lowest BCUT2D eigenvalue weighted by atomic mass is 9.82. The monoisotopic (exact) mass is 403 g/mol. The van der Waals surface area contributed by atoms with Crippen LogP contribution in [0.4, 0.5) is 0 Å². The zero-order valence-electron chi connectivity index (χ0n) is 17.9. The summed E-state index contributed by atoms with van der Waals surface area (Å²) in [5.74, 6) is 0.768. The number of likely N-dealkylation sites (tertiary alicyclic amines) is 1. The van der Waals surface area contributed by atoms with Crippen LogP contribution < -0.4 is 5.32 Å². The van der Waals surface area contributed by atoms with Gasteiger partial charge in [0, 0.05) is 6.54 Å². The van der Waals surface area contributed by atoms with E-state index in [1.54, 1.807) is 0 Å². The molecule has 2 aliphatic rings. The van der Waals surface area contributed by atoms with Crippen LogP contribution in [0.2, 0.25) is 0 Å². The number of unbranched alkanes of at least 4 members (excludes halogenated alkanes) is 2. The van der Waals surface area contributed by atoms with Crippen molar-refractivity contribution in [3.8, 4) is 0 Å². The Balaban J connectivity index is 1.43. The molecule has 2 heterocycles. The van der Waals surface area contributed by atoms with Crippen molar-refractivity contribution < 1.29 is 4.79 Å². The van der Waals surface area contributed by atoms with E-state index < -0.39 is 5.54 Å². The van der Waals surface area contributed by atoms with Crippen molar-refractivity contribution >= 4 is 5.91 Å². The van der Waals surface area contributed by atoms with Gasteiger partial charge < -0.3 is 10.2 Å². The lowest BCUT2D eigenvalue weighted by Crippen LogP contribution is -2.44. The molecule has 2 aromatic carbocycles. The molecule has 1 amide bonds. The second-order valence-electron chi connectivity index (χ2n) is 8.47. The molecule has 2 saturated heterocycles. The van der Waals surface area contributed by atoms with Crippen LogP contribution in [0.5, 0.6) is 0 Å². The fraction of sp³-hybridized carbons (Fsp3) is 0.423. The van der Waals surface area contributed by atoms with Gasteiger partial charge in [-0.15, -0.1) is 0 Å². The molecule has 4 nitrogen and oxygen atoms in total. The van der Waals surface area contributed by atoms with Gasteiger partial charge >= 0.3 is 0 Å². The number of carbonyl (C=O) groups is 1. The van der Waals surface area contributed by atoms with E-state index in [9.17, 15) is 4.79 Å². The van der Waals surface area contributed by atoms with Crippen molar-refractivity contribution in [2.24, 2.45) is 0 Å². The van der Waals surface area contributed by atoms with Gasteiger partial charge in [0.2, 0.25) is 0 Å². The van der Waals surface area contributed by atoms with Crippen LogP contribution in [-0.2, 0) is 10.3 Å². The predicted molar refractivity (Wildman–Crippen MR) is 122 cm³/mol. The highest BCUT2D eigenvalue weighted by molar-refractivity contribution is 5.95. The van der Waals surface area contributed by atoms with E-state index in [2.05, 4.69) is 16.8 Å². The second kappa shape index (κ2) is 9.48. The van der Waals surface area contributed by atoms with E-state index in [-0.39, 0.29) is 5.91 Å². The minimum absolute atomic E-state index is 0.0703. The van der Waals surface area contributed by atoms with Crippen LogP contribution in [0.1, 0.15) is 49.7 Å². The standard InChI is InChI=1S/C26H33N3O/c1-22-27-26(23-14-6-2-7-15-23,24-16-8-3-9-17-24)25(30)29(22)21-13-5-12-20-28-18-10-4-11-19-28/h2-3,6-9,14-17,27H,1,4-5,10-13,18-21H2. The molecule has 0 spiro atoms. The molecule has 2 fully saturated rings. The smallest absolute Gasteiger partial charge is 0.263 e. The van der Waals surface area contributed by atoms with Gasteiger partial charge in [0.15, 0.2) is 5.54 Å². The SMILES string of the molecule is C=C1NC(c2ccccc2)(c2ccccc2)C(=O)N1CCCCCN1CCCCC1. The van der Waals surface area contributed by atoms with Gasteiger partial charge in [-0.25, -0.2) is 0 Å². The van der Waals surface area contributed by atoms with Crippen LogP contribution in [0.3, 0.4) is 0 Å². The van der Waals surface area contributed by atoms with Gasteiger partial charge in [0.25, 0.3) is 5.91 Å². The summed E-state index contributed by atoms with van der Waals surface area (Å²) in [6.07, 6.45) is 7.40. The van der Waals surface area contributed by atoms with Gasteiger partial charge in [0.1, 0.15) is 5.82 Å². The fourth-order valence-corrected chi connectivity index (χ4v) is 4.80. The number of benzene rings is 2. The fourth-order valence-electron chi connectivity index (χ4n) is 4.80. The van der Waals surface area contributed by atoms with Crippen molar-refractivity contribution in [1.82, 2.24) is 15.1 Å². The van der Waals surface area contributed by atoms with E-state index in [4.69, 9.17) is 0 Å². The number of hydrogen-bond donors (Lipinski definition) is 1. The Kier molecular flexibility index (Phi) is 6.53. The topological polar surface area (TPSA) is 35.6 Å². The lowest BCUT2D eigenvalue weighted by molar-refractivity contribution is -0.130. The number of amides is 1. The average Bonchev–Trinajstić information content (AvgIpc) is 3.06. The molecule has 4 rings (SSSR count). The van der Waals surface area contributed by atoms with Crippen LogP contribution >= 0.6 is 0 Å².